The molecule has 2 rings (SSSR count). The van der Waals surface area contributed by atoms with Crippen molar-refractivity contribution in [1.29, 1.82) is 0 Å². The van der Waals surface area contributed by atoms with E-state index in [-0.39, 0.29) is 24.0 Å². The van der Waals surface area contributed by atoms with E-state index in [1.54, 1.807) is 14.2 Å². The van der Waals surface area contributed by atoms with Crippen molar-refractivity contribution in [2.24, 2.45) is 4.99 Å². The second-order valence-electron chi connectivity index (χ2n) is 5.69. The molecule has 5 heteroatoms. The first-order chi connectivity index (χ1) is 11.8. The van der Waals surface area contributed by atoms with E-state index in [0.717, 1.165) is 31.9 Å². The Morgan fingerprint density at radius 2 is 1.60 bits per heavy atom. The topological polar surface area (TPSA) is 45.7 Å². The fourth-order valence-corrected chi connectivity index (χ4v) is 2.47. The molecule has 25 heavy (non-hydrogen) atoms. The number of nitrogens with zero attached hydrogens (tertiary/aromatic N) is 1. The minimum atomic E-state index is 0. The van der Waals surface area contributed by atoms with Crippen LogP contribution in [0, 0.1) is 0 Å². The Balaban J connectivity index is 0.00000312. The number of aryl methyl sites for hydroxylation is 1. The highest BCUT2D eigenvalue weighted by molar-refractivity contribution is 14.0. The maximum Gasteiger partial charge on any atom is 0.191 e. The molecule has 0 saturated carbocycles. The SMILES string of the molecule is CN=C(NCCCc1ccccc1)NCc1ccc(COC)cc1.I. The molecule has 0 aliphatic heterocycles. The van der Waals surface area contributed by atoms with Gasteiger partial charge in [0.1, 0.15) is 0 Å². The van der Waals surface area contributed by atoms with Crippen LogP contribution in [0.2, 0.25) is 0 Å². The number of rotatable bonds is 8. The largest absolute Gasteiger partial charge is 0.380 e. The minimum Gasteiger partial charge on any atom is -0.380 e. The van der Waals surface area contributed by atoms with Crippen molar-refractivity contribution >= 4 is 29.9 Å². The van der Waals surface area contributed by atoms with Gasteiger partial charge in [-0.15, -0.1) is 24.0 Å². The summed E-state index contributed by atoms with van der Waals surface area (Å²) >= 11 is 0. The third kappa shape index (κ3) is 8.36. The highest BCUT2D eigenvalue weighted by Gasteiger charge is 1.99. The molecule has 2 aromatic rings. The zero-order valence-corrected chi connectivity index (χ0v) is 17.3. The summed E-state index contributed by atoms with van der Waals surface area (Å²) in [5.74, 6) is 0.837. The standard InChI is InChI=1S/C20H27N3O.HI/c1-21-20(22-14-6-9-17-7-4-3-5-8-17)23-15-18-10-12-19(13-11-18)16-24-2;/h3-5,7-8,10-13H,6,9,14-16H2,1-2H3,(H2,21,22,23);1H. The van der Waals surface area contributed by atoms with Gasteiger partial charge in [-0.1, -0.05) is 54.6 Å². The number of ether oxygens (including phenoxy) is 1. The number of guanidine groups is 1. The van der Waals surface area contributed by atoms with Crippen LogP contribution in [0.5, 0.6) is 0 Å². The Hall–Kier alpha value is -1.60. The molecule has 0 saturated heterocycles. The summed E-state index contributed by atoms with van der Waals surface area (Å²) in [5.41, 5.74) is 3.78. The van der Waals surface area contributed by atoms with E-state index in [4.69, 9.17) is 4.74 Å². The zero-order chi connectivity index (χ0) is 17.0. The Morgan fingerprint density at radius 1 is 0.920 bits per heavy atom. The number of aliphatic imine (C=N–C) groups is 1. The number of halogens is 1. The number of benzene rings is 2. The van der Waals surface area contributed by atoms with E-state index in [0.29, 0.717) is 6.61 Å². The van der Waals surface area contributed by atoms with E-state index in [9.17, 15) is 0 Å². The molecule has 4 nitrogen and oxygen atoms in total. The molecule has 136 valence electrons. The molecular weight excluding hydrogens is 425 g/mol. The molecule has 0 amide bonds. The second kappa shape index (κ2) is 12.7. The molecule has 0 unspecified atom stereocenters. The summed E-state index contributed by atoms with van der Waals surface area (Å²) < 4.78 is 5.13. The van der Waals surface area contributed by atoms with E-state index in [1.165, 1.54) is 16.7 Å². The monoisotopic (exact) mass is 453 g/mol. The van der Waals surface area contributed by atoms with Crippen LogP contribution >= 0.6 is 24.0 Å². The highest BCUT2D eigenvalue weighted by atomic mass is 127. The van der Waals surface area contributed by atoms with Crippen molar-refractivity contribution in [3.8, 4) is 0 Å². The van der Waals surface area contributed by atoms with Crippen molar-refractivity contribution in [2.75, 3.05) is 20.7 Å². The fraction of sp³-hybridized carbons (Fsp3) is 0.350. The van der Waals surface area contributed by atoms with Crippen LogP contribution < -0.4 is 10.6 Å². The predicted octanol–water partition coefficient (Wildman–Crippen LogP) is 3.75. The second-order valence-corrected chi connectivity index (χ2v) is 5.69. The van der Waals surface area contributed by atoms with Crippen LogP contribution in [-0.2, 0) is 24.3 Å². The fourth-order valence-electron chi connectivity index (χ4n) is 2.47. The Morgan fingerprint density at radius 3 is 2.24 bits per heavy atom. The van der Waals surface area contributed by atoms with Gasteiger partial charge >= 0.3 is 0 Å². The van der Waals surface area contributed by atoms with Crippen LogP contribution in [0.4, 0.5) is 0 Å². The van der Waals surface area contributed by atoms with Gasteiger partial charge in [-0.25, -0.2) is 0 Å². The molecule has 0 radical (unpaired) electrons. The lowest BCUT2D eigenvalue weighted by molar-refractivity contribution is 0.185. The van der Waals surface area contributed by atoms with Crippen molar-refractivity contribution in [2.45, 2.75) is 26.0 Å². The lowest BCUT2D eigenvalue weighted by Gasteiger charge is -2.12. The smallest absolute Gasteiger partial charge is 0.191 e. The Kier molecular flexibility index (Phi) is 10.9. The van der Waals surface area contributed by atoms with Crippen molar-refractivity contribution in [3.63, 3.8) is 0 Å². The molecule has 0 aliphatic carbocycles. The van der Waals surface area contributed by atoms with Gasteiger partial charge in [0.2, 0.25) is 0 Å². The van der Waals surface area contributed by atoms with Gasteiger partial charge in [0.15, 0.2) is 5.96 Å². The van der Waals surface area contributed by atoms with Gasteiger partial charge in [0, 0.05) is 27.2 Å². The van der Waals surface area contributed by atoms with E-state index in [1.807, 2.05) is 0 Å². The van der Waals surface area contributed by atoms with Crippen LogP contribution in [0.1, 0.15) is 23.1 Å². The molecule has 0 fully saturated rings. The van der Waals surface area contributed by atoms with Gasteiger partial charge in [0.05, 0.1) is 6.61 Å². The number of methoxy groups -OCH3 is 1. The number of hydrogen-bond acceptors (Lipinski definition) is 2. The van der Waals surface area contributed by atoms with E-state index < -0.39 is 0 Å². The molecule has 0 heterocycles. The molecule has 0 aromatic heterocycles. The van der Waals surface area contributed by atoms with Gasteiger partial charge in [-0.05, 0) is 29.5 Å². The Labute approximate surface area is 168 Å². The molecule has 2 aromatic carbocycles. The summed E-state index contributed by atoms with van der Waals surface area (Å²) in [6.45, 7) is 2.31. The van der Waals surface area contributed by atoms with Crippen molar-refractivity contribution in [1.82, 2.24) is 10.6 Å². The van der Waals surface area contributed by atoms with Crippen molar-refractivity contribution in [3.05, 3.63) is 71.3 Å². The van der Waals surface area contributed by atoms with E-state index >= 15 is 0 Å². The molecule has 0 bridgehead atoms. The molecule has 0 aliphatic rings. The summed E-state index contributed by atoms with van der Waals surface area (Å²) in [5, 5.41) is 6.70. The third-order valence-corrected chi connectivity index (χ3v) is 3.80. The molecular formula is C20H28IN3O. The highest BCUT2D eigenvalue weighted by Crippen LogP contribution is 2.05. The maximum atomic E-state index is 5.13. The first-order valence-corrected chi connectivity index (χ1v) is 8.37. The average molecular weight is 453 g/mol. The quantitative estimate of drug-likeness (QED) is 0.277. The van der Waals surface area contributed by atoms with Crippen LogP contribution in [-0.4, -0.2) is 26.7 Å². The predicted molar refractivity (Wildman–Crippen MR) is 116 cm³/mol. The van der Waals surface area contributed by atoms with Crippen LogP contribution in [0.3, 0.4) is 0 Å². The Bertz CT molecular complexity index is 615. The maximum absolute atomic E-state index is 5.13. The van der Waals surface area contributed by atoms with Crippen molar-refractivity contribution < 1.29 is 4.74 Å². The molecule has 2 N–H and O–H groups in total. The lowest BCUT2D eigenvalue weighted by Crippen LogP contribution is -2.37. The summed E-state index contributed by atoms with van der Waals surface area (Å²) in [6.07, 6.45) is 2.15. The number of nitrogens with one attached hydrogen (secondary N) is 2. The normalized spacial score (nSPS) is 10.9. The first-order valence-electron chi connectivity index (χ1n) is 8.37. The summed E-state index contributed by atoms with van der Waals surface area (Å²) in [7, 11) is 3.51. The molecule has 0 atom stereocenters. The van der Waals surface area contributed by atoms with Gasteiger partial charge in [-0.2, -0.15) is 0 Å². The first kappa shape index (κ1) is 21.4. The number of hydrogen-bond donors (Lipinski definition) is 2. The van der Waals surface area contributed by atoms with E-state index in [2.05, 4.69) is 70.2 Å². The van der Waals surface area contributed by atoms with Crippen LogP contribution in [0.15, 0.2) is 59.6 Å². The summed E-state index contributed by atoms with van der Waals surface area (Å²) in [4.78, 5) is 4.27. The lowest BCUT2D eigenvalue weighted by atomic mass is 10.1. The molecule has 0 spiro atoms. The van der Waals surface area contributed by atoms with Gasteiger partial charge < -0.3 is 15.4 Å². The van der Waals surface area contributed by atoms with Gasteiger partial charge in [-0.3, -0.25) is 4.99 Å². The third-order valence-electron chi connectivity index (χ3n) is 3.80. The van der Waals surface area contributed by atoms with Crippen LogP contribution in [0.25, 0.3) is 0 Å². The van der Waals surface area contributed by atoms with Gasteiger partial charge in [0.25, 0.3) is 0 Å². The minimum absolute atomic E-state index is 0. The summed E-state index contributed by atoms with van der Waals surface area (Å²) in [6, 6.07) is 19.0. The average Bonchev–Trinajstić information content (AvgIpc) is 2.63. The zero-order valence-electron chi connectivity index (χ0n) is 15.0.